The number of hydrogen-bond donors (Lipinski definition) is 1. The molecule has 0 amide bonds. The minimum atomic E-state index is -4.62. The van der Waals surface area contributed by atoms with E-state index >= 15 is 0 Å². The maximum Gasteiger partial charge on any atom is 0.435 e. The predicted octanol–water partition coefficient (Wildman–Crippen LogP) is 2.60. The highest BCUT2D eigenvalue weighted by atomic mass is 19.4. The summed E-state index contributed by atoms with van der Waals surface area (Å²) < 4.78 is 41.6. The predicted molar refractivity (Wildman–Crippen MR) is 86.2 cm³/mol. The number of aryl methyl sites for hydroxylation is 1. The molecule has 0 bridgehead atoms. The van der Waals surface area contributed by atoms with Crippen LogP contribution in [-0.4, -0.2) is 19.5 Å². The minimum absolute atomic E-state index is 0.0440. The highest BCUT2D eigenvalue weighted by Crippen LogP contribution is 2.32. The van der Waals surface area contributed by atoms with Gasteiger partial charge in [-0.25, -0.2) is 0 Å². The van der Waals surface area contributed by atoms with Crippen LogP contribution in [0.4, 0.5) is 13.2 Å². The number of pyridine rings is 1. The zero-order valence-corrected chi connectivity index (χ0v) is 13.6. The molecule has 0 aliphatic heterocycles. The third-order valence-electron chi connectivity index (χ3n) is 4.27. The fourth-order valence-electron chi connectivity index (χ4n) is 2.95. The van der Waals surface area contributed by atoms with Crippen molar-refractivity contribution in [1.82, 2.24) is 14.3 Å². The molecule has 0 radical (unpaired) electrons. The van der Waals surface area contributed by atoms with Crippen molar-refractivity contribution in [2.75, 3.05) is 0 Å². The largest absolute Gasteiger partial charge is 0.435 e. The van der Waals surface area contributed by atoms with Gasteiger partial charge in [0.25, 0.3) is 5.56 Å². The van der Waals surface area contributed by atoms with Crippen molar-refractivity contribution in [3.05, 3.63) is 63.2 Å². The zero-order chi connectivity index (χ0) is 18.4. The van der Waals surface area contributed by atoms with Gasteiger partial charge in [-0.2, -0.15) is 18.3 Å². The Hall–Kier alpha value is -2.61. The first kappa shape index (κ1) is 17.2. The van der Waals surface area contributed by atoms with Gasteiger partial charge in [-0.3, -0.25) is 9.48 Å². The second kappa shape index (κ2) is 6.03. The molecule has 3 rings (SSSR count). The molecule has 3 aromatic rings. The summed E-state index contributed by atoms with van der Waals surface area (Å²) >= 11 is 0. The van der Waals surface area contributed by atoms with Crippen molar-refractivity contribution in [1.29, 1.82) is 0 Å². The molecular weight excluding hydrogens is 335 g/mol. The molecule has 132 valence electrons. The fourth-order valence-corrected chi connectivity index (χ4v) is 2.95. The monoisotopic (exact) mass is 351 g/mol. The van der Waals surface area contributed by atoms with Gasteiger partial charge < -0.3 is 9.67 Å². The Morgan fingerprint density at radius 3 is 2.56 bits per heavy atom. The molecule has 1 N–H and O–H groups in total. The third kappa shape index (κ3) is 2.93. The van der Waals surface area contributed by atoms with Crippen molar-refractivity contribution in [3.8, 4) is 0 Å². The number of benzene rings is 1. The maximum absolute atomic E-state index is 13.0. The molecule has 0 aliphatic rings. The summed E-state index contributed by atoms with van der Waals surface area (Å²) in [7, 11) is 1.61. The van der Waals surface area contributed by atoms with Crippen LogP contribution in [-0.2, 0) is 26.4 Å². The molecule has 2 heterocycles. The number of rotatable bonds is 3. The van der Waals surface area contributed by atoms with E-state index < -0.39 is 18.5 Å². The zero-order valence-electron chi connectivity index (χ0n) is 13.6. The summed E-state index contributed by atoms with van der Waals surface area (Å²) in [4.78, 5) is 12.5. The van der Waals surface area contributed by atoms with Crippen molar-refractivity contribution >= 4 is 10.9 Å². The highest BCUT2D eigenvalue weighted by molar-refractivity contribution is 5.79. The standard InChI is InChI=1S/C17H16F3N3O2/c1-10-14(9-24)23(21-15(10)17(18,19)20)8-12-7-11-5-3-4-6-13(11)22(2)16(12)25/h3-7,24H,8-9H2,1-2H3. The summed E-state index contributed by atoms with van der Waals surface area (Å²) in [5, 5.41) is 13.8. The number of aliphatic hydroxyl groups is 1. The second-order valence-electron chi connectivity index (χ2n) is 5.83. The van der Waals surface area contributed by atoms with Crippen LogP contribution in [0.3, 0.4) is 0 Å². The number of aliphatic hydroxyl groups excluding tert-OH is 1. The van der Waals surface area contributed by atoms with Gasteiger partial charge in [0.15, 0.2) is 5.69 Å². The summed E-state index contributed by atoms with van der Waals surface area (Å²) in [6, 6.07) is 8.87. The number of para-hydroxylation sites is 1. The Bertz CT molecular complexity index is 1000. The number of hydrogen-bond acceptors (Lipinski definition) is 3. The van der Waals surface area contributed by atoms with E-state index in [-0.39, 0.29) is 23.4 Å². The van der Waals surface area contributed by atoms with Crippen LogP contribution in [0.25, 0.3) is 10.9 Å². The molecule has 0 spiro atoms. The number of fused-ring (bicyclic) bond motifs is 1. The van der Waals surface area contributed by atoms with Crippen molar-refractivity contribution < 1.29 is 18.3 Å². The van der Waals surface area contributed by atoms with E-state index in [2.05, 4.69) is 5.10 Å². The topological polar surface area (TPSA) is 60.0 Å². The van der Waals surface area contributed by atoms with E-state index in [0.717, 1.165) is 15.6 Å². The Labute approximate surface area is 140 Å². The van der Waals surface area contributed by atoms with Crippen LogP contribution in [0, 0.1) is 6.92 Å². The first-order valence-electron chi connectivity index (χ1n) is 7.56. The third-order valence-corrected chi connectivity index (χ3v) is 4.27. The van der Waals surface area contributed by atoms with Crippen molar-refractivity contribution in [2.45, 2.75) is 26.3 Å². The Morgan fingerprint density at radius 2 is 1.92 bits per heavy atom. The quantitative estimate of drug-likeness (QED) is 0.789. The Morgan fingerprint density at radius 1 is 1.24 bits per heavy atom. The molecule has 0 saturated heterocycles. The summed E-state index contributed by atoms with van der Waals surface area (Å²) in [6.45, 7) is 0.517. The van der Waals surface area contributed by atoms with Gasteiger partial charge >= 0.3 is 6.18 Å². The summed E-state index contributed by atoms with van der Waals surface area (Å²) in [6.07, 6.45) is -4.62. The Kier molecular flexibility index (Phi) is 4.16. The van der Waals surface area contributed by atoms with Gasteiger partial charge in [0.1, 0.15) is 0 Å². The summed E-state index contributed by atoms with van der Waals surface area (Å²) in [5.41, 5.74) is -0.424. The lowest BCUT2D eigenvalue weighted by molar-refractivity contribution is -0.141. The lowest BCUT2D eigenvalue weighted by atomic mass is 10.1. The molecule has 0 aliphatic carbocycles. The molecule has 25 heavy (non-hydrogen) atoms. The van der Waals surface area contributed by atoms with Crippen LogP contribution in [0.1, 0.15) is 22.5 Å². The van der Waals surface area contributed by atoms with Gasteiger partial charge in [0, 0.05) is 18.2 Å². The van der Waals surface area contributed by atoms with Crippen LogP contribution >= 0.6 is 0 Å². The molecule has 0 saturated carbocycles. The van der Waals surface area contributed by atoms with Gasteiger partial charge in [-0.05, 0) is 24.4 Å². The second-order valence-corrected chi connectivity index (χ2v) is 5.83. The van der Waals surface area contributed by atoms with Gasteiger partial charge in [-0.1, -0.05) is 18.2 Å². The van der Waals surface area contributed by atoms with Gasteiger partial charge in [-0.15, -0.1) is 0 Å². The molecule has 0 fully saturated rings. The van der Waals surface area contributed by atoms with Crippen LogP contribution < -0.4 is 5.56 Å². The van der Waals surface area contributed by atoms with Gasteiger partial charge in [0.05, 0.1) is 24.4 Å². The number of aromatic nitrogens is 3. The lowest BCUT2D eigenvalue weighted by Gasteiger charge is -2.10. The SMILES string of the molecule is Cc1c(C(F)(F)F)nn(Cc2cc3ccccc3n(C)c2=O)c1CO. The summed E-state index contributed by atoms with van der Waals surface area (Å²) in [5.74, 6) is 0. The molecule has 1 aromatic carbocycles. The van der Waals surface area contributed by atoms with E-state index in [1.807, 2.05) is 12.1 Å². The molecule has 0 atom stereocenters. The van der Waals surface area contributed by atoms with E-state index in [9.17, 15) is 23.1 Å². The van der Waals surface area contributed by atoms with Gasteiger partial charge in [0.2, 0.25) is 0 Å². The number of alkyl halides is 3. The highest BCUT2D eigenvalue weighted by Gasteiger charge is 2.37. The smallest absolute Gasteiger partial charge is 0.390 e. The molecule has 5 nitrogen and oxygen atoms in total. The van der Waals surface area contributed by atoms with E-state index in [1.54, 1.807) is 25.2 Å². The Balaban J connectivity index is 2.14. The molecule has 8 heteroatoms. The normalized spacial score (nSPS) is 12.1. The van der Waals surface area contributed by atoms with Crippen LogP contribution in [0.5, 0.6) is 0 Å². The average Bonchev–Trinajstić information content (AvgIpc) is 2.88. The molecular formula is C17H16F3N3O2. The van der Waals surface area contributed by atoms with Crippen molar-refractivity contribution in [3.63, 3.8) is 0 Å². The fraction of sp³-hybridized carbons (Fsp3) is 0.294. The van der Waals surface area contributed by atoms with E-state index in [1.165, 1.54) is 11.5 Å². The molecule has 2 aromatic heterocycles. The van der Waals surface area contributed by atoms with Crippen LogP contribution in [0.15, 0.2) is 35.1 Å². The molecule has 0 unspecified atom stereocenters. The van der Waals surface area contributed by atoms with Crippen molar-refractivity contribution in [2.24, 2.45) is 7.05 Å². The lowest BCUT2D eigenvalue weighted by Crippen LogP contribution is -2.24. The first-order valence-corrected chi connectivity index (χ1v) is 7.56. The minimum Gasteiger partial charge on any atom is -0.390 e. The average molecular weight is 351 g/mol. The van der Waals surface area contributed by atoms with E-state index in [4.69, 9.17) is 0 Å². The number of nitrogens with zero attached hydrogens (tertiary/aromatic N) is 3. The number of halogens is 3. The van der Waals surface area contributed by atoms with E-state index in [0.29, 0.717) is 5.56 Å². The maximum atomic E-state index is 13.0. The van der Waals surface area contributed by atoms with Crippen LogP contribution in [0.2, 0.25) is 0 Å². The first-order chi connectivity index (χ1) is 11.7.